The number of nitrogens with two attached hydrogens (primary N) is 1. The molecule has 0 radical (unpaired) electrons. The fourth-order valence-electron chi connectivity index (χ4n) is 4.02. The Kier molecular flexibility index (Phi) is 12.9. The largest absolute Gasteiger partial charge is 1.00 e. The first-order valence-corrected chi connectivity index (χ1v) is 15.7. The number of nitrogens with zero attached hydrogens (tertiary/aromatic N) is 6. The van der Waals surface area contributed by atoms with Crippen LogP contribution in [0.4, 0.5) is 39.8 Å². The zero-order valence-electron chi connectivity index (χ0n) is 24.5. The smallest absolute Gasteiger partial charge is 0.870 e. The standard InChI is InChI=1S/C28H20ClN7O7S2.2Na/c29-20-8-4-5-9-21(20)34-35-26-22(44(38,39)40)14-16-15-23(45(41,42)43)27(28(37)24(16)25(26)30)36-33-19-12-10-18(11-13-19)32-31-17-6-2-1-3-7-17;;/h1-15,37H,30H2,(H,38,39,40)(H,41,42,43);;/q;2*+1/p-2. The molecule has 228 valence electrons. The third kappa shape index (κ3) is 9.07. The van der Waals surface area contributed by atoms with E-state index in [1.54, 1.807) is 48.5 Å². The molecule has 0 bridgehead atoms. The van der Waals surface area contributed by atoms with E-state index >= 15 is 0 Å². The van der Waals surface area contributed by atoms with Gasteiger partial charge in [-0.1, -0.05) is 47.7 Å². The van der Waals surface area contributed by atoms with Crippen LogP contribution in [0.25, 0.3) is 10.8 Å². The van der Waals surface area contributed by atoms with Crippen LogP contribution in [0.2, 0.25) is 5.02 Å². The molecule has 0 atom stereocenters. The molecule has 0 fully saturated rings. The molecule has 0 aliphatic rings. The van der Waals surface area contributed by atoms with Crippen molar-refractivity contribution in [1.29, 1.82) is 0 Å². The number of azo groups is 3. The van der Waals surface area contributed by atoms with Crippen LogP contribution in [0, 0.1) is 0 Å². The predicted molar refractivity (Wildman–Crippen MR) is 162 cm³/mol. The second kappa shape index (κ2) is 15.8. The average molecular weight is 710 g/mol. The number of benzene rings is 5. The van der Waals surface area contributed by atoms with E-state index in [0.29, 0.717) is 17.4 Å². The summed E-state index contributed by atoms with van der Waals surface area (Å²) in [5, 5.41) is 36.4. The van der Waals surface area contributed by atoms with Gasteiger partial charge in [0.1, 0.15) is 26.4 Å². The van der Waals surface area contributed by atoms with Crippen molar-refractivity contribution in [3.05, 3.63) is 96.0 Å². The maximum absolute atomic E-state index is 13.6. The van der Waals surface area contributed by atoms with Gasteiger partial charge in [0.15, 0.2) is 0 Å². The van der Waals surface area contributed by atoms with Gasteiger partial charge in [-0.25, -0.2) is 8.42 Å². The Morgan fingerprint density at radius 2 is 1.15 bits per heavy atom. The van der Waals surface area contributed by atoms with Gasteiger partial charge in [0.2, 0.25) is 0 Å². The summed E-state index contributed by atoms with van der Waals surface area (Å²) in [7, 11) is -10.4. The molecule has 47 heavy (non-hydrogen) atoms. The van der Waals surface area contributed by atoms with Crippen LogP contribution in [-0.2, 0) is 20.2 Å². The van der Waals surface area contributed by atoms with Gasteiger partial charge in [0.05, 0.1) is 38.4 Å². The Hall–Kier alpha value is -3.13. The van der Waals surface area contributed by atoms with Crippen LogP contribution in [-0.4, -0.2) is 25.9 Å². The van der Waals surface area contributed by atoms with E-state index in [2.05, 4.69) is 30.7 Å². The molecular formula is C28H18ClN7Na2O7S2. The Morgan fingerprint density at radius 3 is 1.70 bits per heavy atom. The normalized spacial score (nSPS) is 12.1. The summed E-state index contributed by atoms with van der Waals surface area (Å²) in [5.74, 6) is -1.15. The minimum absolute atomic E-state index is 0. The van der Waals surface area contributed by atoms with E-state index in [9.17, 15) is 31.0 Å². The van der Waals surface area contributed by atoms with E-state index in [0.717, 1.165) is 6.07 Å². The topological polar surface area (TPSA) is 235 Å². The molecule has 0 heterocycles. The molecule has 0 amide bonds. The fourth-order valence-corrected chi connectivity index (χ4v) is 5.51. The summed E-state index contributed by atoms with van der Waals surface area (Å²) in [6, 6.07) is 22.6. The number of hydrogen-bond donors (Lipinski definition) is 2. The third-order valence-corrected chi connectivity index (χ3v) is 8.14. The van der Waals surface area contributed by atoms with Crippen molar-refractivity contribution in [3.8, 4) is 5.75 Å². The molecule has 14 nitrogen and oxygen atoms in total. The fraction of sp³-hybridized carbons (Fsp3) is 0. The van der Waals surface area contributed by atoms with Crippen LogP contribution in [0.15, 0.2) is 131 Å². The maximum atomic E-state index is 13.6. The molecule has 0 aliphatic heterocycles. The maximum Gasteiger partial charge on any atom is 1.00 e. The minimum atomic E-state index is -5.29. The first kappa shape index (κ1) is 38.3. The first-order valence-electron chi connectivity index (χ1n) is 12.5. The van der Waals surface area contributed by atoms with Crippen LogP contribution in [0.1, 0.15) is 0 Å². The second-order valence-corrected chi connectivity index (χ2v) is 12.3. The van der Waals surface area contributed by atoms with Crippen molar-refractivity contribution < 1.29 is 90.2 Å². The van der Waals surface area contributed by atoms with Gasteiger partial charge in [0.25, 0.3) is 10.1 Å². The molecule has 0 aromatic heterocycles. The van der Waals surface area contributed by atoms with Gasteiger partial charge in [-0.2, -0.15) is 23.8 Å². The first-order chi connectivity index (χ1) is 21.3. The van der Waals surface area contributed by atoms with Gasteiger partial charge in [-0.3, -0.25) is 4.55 Å². The molecule has 0 saturated heterocycles. The van der Waals surface area contributed by atoms with Crippen molar-refractivity contribution in [2.75, 3.05) is 5.73 Å². The number of hydrogen-bond acceptors (Lipinski definition) is 13. The molecule has 0 aliphatic carbocycles. The van der Waals surface area contributed by atoms with Crippen LogP contribution >= 0.6 is 11.6 Å². The third-order valence-electron chi connectivity index (χ3n) is 6.10. The zero-order valence-corrected chi connectivity index (χ0v) is 30.9. The number of fused-ring (bicyclic) bond motifs is 1. The summed E-state index contributed by atoms with van der Waals surface area (Å²) >= 11 is 6.07. The van der Waals surface area contributed by atoms with Gasteiger partial charge < -0.3 is 15.4 Å². The molecule has 5 aromatic rings. The van der Waals surface area contributed by atoms with E-state index in [1.165, 1.54) is 24.3 Å². The molecule has 0 saturated carbocycles. The van der Waals surface area contributed by atoms with Crippen molar-refractivity contribution >= 4 is 82.4 Å². The summed E-state index contributed by atoms with van der Waals surface area (Å²) < 4.78 is 70.8. The Balaban J connectivity index is 0.00000300. The van der Waals surface area contributed by atoms with Crippen molar-refractivity contribution in [2.24, 2.45) is 30.7 Å². The number of halogens is 1. The zero-order chi connectivity index (χ0) is 32.4. The van der Waals surface area contributed by atoms with Gasteiger partial charge in [-0.05, 0) is 66.0 Å². The second-order valence-electron chi connectivity index (χ2n) is 9.12. The van der Waals surface area contributed by atoms with Crippen LogP contribution in [0.3, 0.4) is 0 Å². The summed E-state index contributed by atoms with van der Waals surface area (Å²) in [4.78, 5) is -2.00. The molecule has 19 heteroatoms. The molecule has 0 spiro atoms. The van der Waals surface area contributed by atoms with Crippen molar-refractivity contribution in [3.63, 3.8) is 0 Å². The van der Waals surface area contributed by atoms with E-state index in [1.807, 2.05) is 6.07 Å². The van der Waals surface area contributed by atoms with E-state index in [4.69, 9.17) is 17.3 Å². The Morgan fingerprint density at radius 1 is 0.660 bits per heavy atom. The monoisotopic (exact) mass is 709 g/mol. The van der Waals surface area contributed by atoms with Gasteiger partial charge in [-0.15, -0.1) is 15.3 Å². The quantitative estimate of drug-likeness (QED) is 0.104. The Bertz CT molecular complexity index is 2260. The van der Waals surface area contributed by atoms with Gasteiger partial charge >= 0.3 is 59.1 Å². The van der Waals surface area contributed by atoms with Crippen LogP contribution < -0.4 is 70.0 Å². The predicted octanol–water partition coefficient (Wildman–Crippen LogP) is 1.55. The summed E-state index contributed by atoms with van der Waals surface area (Å²) in [5.41, 5.74) is 5.37. The van der Waals surface area contributed by atoms with Crippen molar-refractivity contribution in [2.45, 2.75) is 9.79 Å². The molecule has 0 unspecified atom stereocenters. The molecule has 3 N–H and O–H groups in total. The summed E-state index contributed by atoms with van der Waals surface area (Å²) in [6.45, 7) is 0. The average Bonchev–Trinajstić information content (AvgIpc) is 2.99. The van der Waals surface area contributed by atoms with E-state index < -0.39 is 63.6 Å². The summed E-state index contributed by atoms with van der Waals surface area (Å²) in [6.07, 6.45) is 0. The van der Waals surface area contributed by atoms with Crippen molar-refractivity contribution in [1.82, 2.24) is 0 Å². The van der Waals surface area contributed by atoms with Crippen LogP contribution in [0.5, 0.6) is 5.75 Å². The number of nitrogen functional groups attached to an aromatic ring is 1. The number of anilines is 1. The number of rotatable bonds is 8. The minimum Gasteiger partial charge on any atom is -0.870 e. The molecule has 5 aromatic carbocycles. The van der Waals surface area contributed by atoms with E-state index in [-0.39, 0.29) is 75.5 Å². The molecule has 5 rings (SSSR count). The Labute approximate surface area is 317 Å². The molecular weight excluding hydrogens is 692 g/mol. The van der Waals surface area contributed by atoms with Gasteiger partial charge in [0, 0.05) is 5.39 Å². The SMILES string of the molecule is Nc1c(N=Nc2ccccc2Cl)c(S(=O)(=O)[O-])cc2cc(S(=O)(=O)O)c(N=Nc3ccc(N=Nc4ccccc4)cc3)c([O-])c12.[Na+].[Na+].